The van der Waals surface area contributed by atoms with Gasteiger partial charge in [-0.1, -0.05) is 6.07 Å². The molecule has 3 N–H and O–H groups in total. The van der Waals surface area contributed by atoms with Crippen LogP contribution >= 0.6 is 0 Å². The van der Waals surface area contributed by atoms with Crippen LogP contribution in [0.15, 0.2) is 18.2 Å². The summed E-state index contributed by atoms with van der Waals surface area (Å²) in [6, 6.07) is 5.46. The molecule has 1 aromatic carbocycles. The van der Waals surface area contributed by atoms with E-state index in [1.165, 1.54) is 7.11 Å². The number of anilines is 1. The molecule has 0 radical (unpaired) electrons. The summed E-state index contributed by atoms with van der Waals surface area (Å²) in [7, 11) is 3.62. The van der Waals surface area contributed by atoms with Crippen LogP contribution in [0, 0.1) is 0 Å². The quantitative estimate of drug-likeness (QED) is 0.801. The van der Waals surface area contributed by atoms with Crippen molar-refractivity contribution in [2.75, 3.05) is 33.0 Å². The summed E-state index contributed by atoms with van der Waals surface area (Å²) in [5, 5.41) is 3.06. The van der Waals surface area contributed by atoms with Crippen LogP contribution in [-0.2, 0) is 0 Å². The summed E-state index contributed by atoms with van der Waals surface area (Å²) in [5.74, 6) is 0.339. The number of hydrogen-bond acceptors (Lipinski definition) is 4. The normalized spacial score (nSPS) is 17.2. The molecule has 0 aromatic heterocycles. The Labute approximate surface area is 113 Å². The van der Waals surface area contributed by atoms with E-state index < -0.39 is 0 Å². The molecule has 1 aliphatic rings. The number of rotatable bonds is 3. The average Bonchev–Trinajstić information content (AvgIpc) is 2.41. The molecule has 104 valence electrons. The van der Waals surface area contributed by atoms with Gasteiger partial charge in [-0.15, -0.1) is 0 Å². The molecule has 1 aromatic rings. The van der Waals surface area contributed by atoms with E-state index in [4.69, 9.17) is 10.5 Å². The maximum atomic E-state index is 12.3. The second-order valence-electron chi connectivity index (χ2n) is 4.98. The maximum Gasteiger partial charge on any atom is 0.255 e. The van der Waals surface area contributed by atoms with E-state index in [0.29, 0.717) is 17.0 Å². The summed E-state index contributed by atoms with van der Waals surface area (Å²) < 4.78 is 5.21. The standard InChI is InChI=1S/C14H21N3O2/c1-17-8-6-10(7-9-17)16-14(18)11-4-3-5-12(15)13(11)19-2/h3-5,10H,6-9,15H2,1-2H3,(H,16,18). The van der Waals surface area contributed by atoms with Gasteiger partial charge in [0.1, 0.15) is 0 Å². The lowest BCUT2D eigenvalue weighted by atomic mass is 10.0. The Bertz CT molecular complexity index is 454. The highest BCUT2D eigenvalue weighted by Gasteiger charge is 2.21. The largest absolute Gasteiger partial charge is 0.494 e. The van der Waals surface area contributed by atoms with Crippen LogP contribution in [0.5, 0.6) is 5.75 Å². The molecule has 0 atom stereocenters. The average molecular weight is 263 g/mol. The summed E-state index contributed by atoms with van der Waals surface area (Å²) in [6.07, 6.45) is 1.96. The van der Waals surface area contributed by atoms with Crippen molar-refractivity contribution in [3.63, 3.8) is 0 Å². The van der Waals surface area contributed by atoms with Gasteiger partial charge < -0.3 is 20.7 Å². The molecule has 0 spiro atoms. The third-order valence-electron chi connectivity index (χ3n) is 3.55. The van der Waals surface area contributed by atoms with Gasteiger partial charge in [-0.3, -0.25) is 4.79 Å². The van der Waals surface area contributed by atoms with Crippen molar-refractivity contribution in [2.24, 2.45) is 0 Å². The highest BCUT2D eigenvalue weighted by molar-refractivity contribution is 5.98. The minimum absolute atomic E-state index is 0.112. The van der Waals surface area contributed by atoms with Gasteiger partial charge in [0, 0.05) is 6.04 Å². The maximum absolute atomic E-state index is 12.3. The van der Waals surface area contributed by atoms with E-state index in [0.717, 1.165) is 25.9 Å². The molecule has 0 unspecified atom stereocenters. The Hall–Kier alpha value is -1.75. The number of hydrogen-bond donors (Lipinski definition) is 2. The molecule has 5 nitrogen and oxygen atoms in total. The molecule has 1 fully saturated rings. The first-order chi connectivity index (χ1) is 9.11. The number of nitrogens with one attached hydrogen (secondary N) is 1. The minimum Gasteiger partial charge on any atom is -0.494 e. The van der Waals surface area contributed by atoms with Crippen LogP contribution < -0.4 is 15.8 Å². The second-order valence-corrected chi connectivity index (χ2v) is 4.98. The zero-order valence-electron chi connectivity index (χ0n) is 11.5. The fourth-order valence-electron chi connectivity index (χ4n) is 2.38. The first kappa shape index (κ1) is 13.7. The highest BCUT2D eigenvalue weighted by atomic mass is 16.5. The number of nitrogens with two attached hydrogens (primary N) is 1. The van der Waals surface area contributed by atoms with Gasteiger partial charge in [0.25, 0.3) is 5.91 Å². The van der Waals surface area contributed by atoms with Crippen LogP contribution in [0.25, 0.3) is 0 Å². The number of benzene rings is 1. The van der Waals surface area contributed by atoms with E-state index in [1.54, 1.807) is 18.2 Å². The van der Waals surface area contributed by atoms with Gasteiger partial charge in [0.2, 0.25) is 0 Å². The Morgan fingerprint density at radius 2 is 2.11 bits per heavy atom. The van der Waals surface area contributed by atoms with Crippen LogP contribution in [0.4, 0.5) is 5.69 Å². The molecule has 1 saturated heterocycles. The van der Waals surface area contributed by atoms with E-state index in [-0.39, 0.29) is 11.9 Å². The number of nitrogens with zero attached hydrogens (tertiary/aromatic N) is 1. The number of carbonyl (C=O) groups is 1. The van der Waals surface area contributed by atoms with Crippen molar-refractivity contribution < 1.29 is 9.53 Å². The molecule has 2 rings (SSSR count). The van der Waals surface area contributed by atoms with Gasteiger partial charge in [-0.05, 0) is 45.1 Å². The van der Waals surface area contributed by atoms with Crippen LogP contribution in [0.2, 0.25) is 0 Å². The topological polar surface area (TPSA) is 67.6 Å². The third-order valence-corrected chi connectivity index (χ3v) is 3.55. The molecule has 0 aliphatic carbocycles. The molecule has 1 amide bonds. The number of methoxy groups -OCH3 is 1. The first-order valence-corrected chi connectivity index (χ1v) is 6.53. The number of amides is 1. The lowest BCUT2D eigenvalue weighted by Gasteiger charge is -2.29. The number of ether oxygens (including phenoxy) is 1. The third kappa shape index (κ3) is 3.17. The smallest absolute Gasteiger partial charge is 0.255 e. The molecular weight excluding hydrogens is 242 g/mol. The van der Waals surface area contributed by atoms with Crippen LogP contribution in [0.1, 0.15) is 23.2 Å². The number of carbonyl (C=O) groups excluding carboxylic acids is 1. The van der Waals surface area contributed by atoms with Crippen molar-refractivity contribution in [1.29, 1.82) is 0 Å². The Balaban J connectivity index is 2.06. The number of nitrogen functional groups attached to an aromatic ring is 1. The van der Waals surface area contributed by atoms with Crippen molar-refractivity contribution >= 4 is 11.6 Å². The molecule has 1 aliphatic heterocycles. The lowest BCUT2D eigenvalue weighted by molar-refractivity contribution is 0.0914. The van der Waals surface area contributed by atoms with Crippen molar-refractivity contribution in [2.45, 2.75) is 18.9 Å². The van der Waals surface area contributed by atoms with Gasteiger partial charge in [-0.25, -0.2) is 0 Å². The second kappa shape index (κ2) is 5.93. The molecular formula is C14H21N3O2. The van der Waals surface area contributed by atoms with Crippen LogP contribution in [0.3, 0.4) is 0 Å². The summed E-state index contributed by atoms with van der Waals surface area (Å²) >= 11 is 0. The van der Waals surface area contributed by atoms with Gasteiger partial charge in [0.15, 0.2) is 5.75 Å². The molecule has 19 heavy (non-hydrogen) atoms. The number of piperidine rings is 1. The zero-order chi connectivity index (χ0) is 13.8. The fraction of sp³-hybridized carbons (Fsp3) is 0.500. The van der Waals surface area contributed by atoms with Crippen LogP contribution in [-0.4, -0.2) is 44.1 Å². The predicted molar refractivity (Wildman–Crippen MR) is 75.4 cm³/mol. The Morgan fingerprint density at radius 3 is 2.74 bits per heavy atom. The summed E-state index contributed by atoms with van der Waals surface area (Å²) in [6.45, 7) is 2.03. The SMILES string of the molecule is COc1c(N)cccc1C(=O)NC1CCN(C)CC1. The monoisotopic (exact) mass is 263 g/mol. The summed E-state index contributed by atoms with van der Waals surface area (Å²) in [4.78, 5) is 14.5. The fourth-order valence-corrected chi connectivity index (χ4v) is 2.38. The van der Waals surface area contributed by atoms with E-state index in [9.17, 15) is 4.79 Å². The van der Waals surface area contributed by atoms with E-state index >= 15 is 0 Å². The first-order valence-electron chi connectivity index (χ1n) is 6.53. The number of para-hydroxylation sites is 1. The number of likely N-dealkylation sites (tertiary alicyclic amines) is 1. The van der Waals surface area contributed by atoms with Gasteiger partial charge >= 0.3 is 0 Å². The summed E-state index contributed by atoms with van der Waals surface area (Å²) in [5.41, 5.74) is 6.80. The van der Waals surface area contributed by atoms with E-state index in [1.807, 2.05) is 0 Å². The lowest BCUT2D eigenvalue weighted by Crippen LogP contribution is -2.43. The zero-order valence-corrected chi connectivity index (χ0v) is 11.5. The minimum atomic E-state index is -0.112. The van der Waals surface area contributed by atoms with E-state index in [2.05, 4.69) is 17.3 Å². The molecule has 0 bridgehead atoms. The predicted octanol–water partition coefficient (Wildman–Crippen LogP) is 1.10. The van der Waals surface area contributed by atoms with Crippen molar-refractivity contribution in [3.8, 4) is 5.75 Å². The highest BCUT2D eigenvalue weighted by Crippen LogP contribution is 2.26. The Kier molecular flexibility index (Phi) is 4.27. The molecule has 5 heteroatoms. The van der Waals surface area contributed by atoms with Crippen molar-refractivity contribution in [3.05, 3.63) is 23.8 Å². The van der Waals surface area contributed by atoms with Crippen molar-refractivity contribution in [1.82, 2.24) is 10.2 Å². The van der Waals surface area contributed by atoms with Gasteiger partial charge in [0.05, 0.1) is 18.4 Å². The van der Waals surface area contributed by atoms with Gasteiger partial charge in [-0.2, -0.15) is 0 Å². The molecule has 1 heterocycles. The Morgan fingerprint density at radius 1 is 1.42 bits per heavy atom. The molecule has 0 saturated carbocycles.